The smallest absolute Gasteiger partial charge is 0.326 e. The Morgan fingerprint density at radius 3 is 2.69 bits per heavy atom. The number of aromatic nitrogens is 2. The van der Waals surface area contributed by atoms with Gasteiger partial charge in [0.05, 0.1) is 11.7 Å². The number of esters is 1. The van der Waals surface area contributed by atoms with Crippen LogP contribution >= 0.6 is 11.3 Å². The largest absolute Gasteiger partial charge is 0.461 e. The Kier molecular flexibility index (Phi) is 5.54. The normalized spacial score (nSPS) is 19.4. The summed E-state index contributed by atoms with van der Waals surface area (Å²) in [4.78, 5) is 30.6. The summed E-state index contributed by atoms with van der Waals surface area (Å²) in [7, 11) is 0. The Morgan fingerprint density at radius 1 is 1.21 bits per heavy atom. The Hall–Kier alpha value is -2.47. The Morgan fingerprint density at radius 2 is 1.97 bits per heavy atom. The summed E-state index contributed by atoms with van der Waals surface area (Å²) < 4.78 is 6.98. The van der Waals surface area contributed by atoms with Gasteiger partial charge in [-0.1, -0.05) is 25.1 Å². The second-order valence-electron chi connectivity index (χ2n) is 8.18. The maximum Gasteiger partial charge on any atom is 0.326 e. The van der Waals surface area contributed by atoms with Gasteiger partial charge in [0, 0.05) is 10.9 Å². The number of fused-ring (bicyclic) bond motifs is 1. The van der Waals surface area contributed by atoms with Crippen molar-refractivity contribution in [2.45, 2.75) is 59.1 Å². The molecule has 0 N–H and O–H groups in total. The summed E-state index contributed by atoms with van der Waals surface area (Å²) >= 11 is 1.45. The average molecular weight is 411 g/mol. The van der Waals surface area contributed by atoms with Gasteiger partial charge in [-0.2, -0.15) is 0 Å². The molecule has 6 heteroatoms. The maximum absolute atomic E-state index is 13.1. The molecule has 1 aliphatic carbocycles. The molecule has 0 aliphatic heterocycles. The van der Waals surface area contributed by atoms with E-state index >= 15 is 0 Å². The number of carbonyl (C=O) groups is 1. The van der Waals surface area contributed by atoms with Gasteiger partial charge in [-0.15, -0.1) is 11.3 Å². The zero-order valence-electron chi connectivity index (χ0n) is 17.1. The van der Waals surface area contributed by atoms with E-state index in [9.17, 15) is 9.59 Å². The number of carbonyl (C=O) groups excluding carboxylic acids is 1. The van der Waals surface area contributed by atoms with Crippen LogP contribution in [-0.2, 0) is 16.1 Å². The van der Waals surface area contributed by atoms with Crippen LogP contribution in [0.1, 0.15) is 43.7 Å². The minimum atomic E-state index is -0.365. The lowest BCUT2D eigenvalue weighted by Crippen LogP contribution is -2.29. The third kappa shape index (κ3) is 4.13. The van der Waals surface area contributed by atoms with E-state index in [-0.39, 0.29) is 24.2 Å². The van der Waals surface area contributed by atoms with Crippen LogP contribution in [0.5, 0.6) is 0 Å². The van der Waals surface area contributed by atoms with Gasteiger partial charge in [-0.3, -0.25) is 14.2 Å². The van der Waals surface area contributed by atoms with Crippen LogP contribution in [0.4, 0.5) is 0 Å². The third-order valence-electron chi connectivity index (χ3n) is 5.94. The number of thiophene rings is 1. The van der Waals surface area contributed by atoms with Crippen LogP contribution in [0.25, 0.3) is 21.3 Å². The molecule has 0 unspecified atom stereocenters. The van der Waals surface area contributed by atoms with Crippen LogP contribution in [-0.4, -0.2) is 21.6 Å². The van der Waals surface area contributed by atoms with Gasteiger partial charge in [0.2, 0.25) is 0 Å². The number of hydrogen-bond acceptors (Lipinski definition) is 5. The summed E-state index contributed by atoms with van der Waals surface area (Å²) in [5, 5.41) is 2.54. The highest BCUT2D eigenvalue weighted by atomic mass is 32.1. The molecule has 2 aromatic heterocycles. The average Bonchev–Trinajstić information content (AvgIpc) is 3.13. The van der Waals surface area contributed by atoms with E-state index in [0.717, 1.165) is 36.8 Å². The summed E-state index contributed by atoms with van der Waals surface area (Å²) in [5.41, 5.74) is 4.06. The van der Waals surface area contributed by atoms with Crippen molar-refractivity contribution in [2.75, 3.05) is 0 Å². The molecule has 4 rings (SSSR count). The molecule has 1 aliphatic rings. The van der Waals surface area contributed by atoms with E-state index in [1.54, 1.807) is 0 Å². The fourth-order valence-electron chi connectivity index (χ4n) is 3.91. The van der Waals surface area contributed by atoms with Crippen molar-refractivity contribution < 1.29 is 9.53 Å². The Bertz CT molecular complexity index is 1110. The van der Waals surface area contributed by atoms with Crippen molar-refractivity contribution in [1.82, 2.24) is 9.55 Å². The highest BCUT2D eigenvalue weighted by Gasteiger charge is 2.22. The predicted molar refractivity (Wildman–Crippen MR) is 116 cm³/mol. The predicted octanol–water partition coefficient (Wildman–Crippen LogP) is 4.86. The lowest BCUT2D eigenvalue weighted by atomic mass is 9.89. The zero-order valence-corrected chi connectivity index (χ0v) is 17.9. The zero-order chi connectivity index (χ0) is 20.5. The van der Waals surface area contributed by atoms with Gasteiger partial charge >= 0.3 is 5.97 Å². The third-order valence-corrected chi connectivity index (χ3v) is 6.83. The SMILES string of the molecule is Cc1ccc(-c2csc3ncn(CC(=O)OC4CCC(C)CC4)c(=O)c23)cc1C. The highest BCUT2D eigenvalue weighted by Crippen LogP contribution is 2.31. The van der Waals surface area contributed by atoms with Crippen molar-refractivity contribution in [3.05, 3.63) is 51.4 Å². The van der Waals surface area contributed by atoms with Gasteiger partial charge in [0.25, 0.3) is 5.56 Å². The topological polar surface area (TPSA) is 61.2 Å². The first-order chi connectivity index (χ1) is 13.9. The number of rotatable bonds is 4. The first kappa shape index (κ1) is 19.8. The molecule has 5 nitrogen and oxygen atoms in total. The van der Waals surface area contributed by atoms with Crippen LogP contribution in [0, 0.1) is 19.8 Å². The van der Waals surface area contributed by atoms with Crippen LogP contribution < -0.4 is 5.56 Å². The molecule has 2 heterocycles. The standard InChI is InChI=1S/C23H26N2O3S/c1-14-4-8-18(9-5-14)28-20(26)11-25-13-24-22-21(23(25)27)19(12-29-22)17-7-6-15(2)16(3)10-17/h6-7,10,12-14,18H,4-5,8-9,11H2,1-3H3. The van der Waals surface area contributed by atoms with E-state index in [4.69, 9.17) is 4.74 Å². The molecule has 3 aromatic rings. The molecule has 0 amide bonds. The summed E-state index contributed by atoms with van der Waals surface area (Å²) in [5.74, 6) is 0.331. The number of benzene rings is 1. The van der Waals surface area contributed by atoms with E-state index in [2.05, 4.69) is 37.9 Å². The monoisotopic (exact) mass is 410 g/mol. The molecule has 29 heavy (non-hydrogen) atoms. The molecule has 152 valence electrons. The summed E-state index contributed by atoms with van der Waals surface area (Å²) in [6.07, 6.45) is 5.40. The first-order valence-corrected chi connectivity index (χ1v) is 11.0. The molecule has 0 radical (unpaired) electrons. The van der Waals surface area contributed by atoms with Crippen LogP contribution in [0.3, 0.4) is 0 Å². The molecule has 0 atom stereocenters. The molecular weight excluding hydrogens is 384 g/mol. The van der Waals surface area contributed by atoms with E-state index < -0.39 is 0 Å². The number of hydrogen-bond donors (Lipinski definition) is 0. The van der Waals surface area contributed by atoms with Crippen molar-refractivity contribution >= 4 is 27.5 Å². The van der Waals surface area contributed by atoms with Gasteiger partial charge in [0.1, 0.15) is 17.5 Å². The van der Waals surface area contributed by atoms with Crippen molar-refractivity contribution in [2.24, 2.45) is 5.92 Å². The quantitative estimate of drug-likeness (QED) is 0.576. The van der Waals surface area contributed by atoms with Crippen molar-refractivity contribution in [1.29, 1.82) is 0 Å². The molecule has 1 aromatic carbocycles. The number of nitrogens with zero attached hydrogens (tertiary/aromatic N) is 2. The number of ether oxygens (including phenoxy) is 1. The molecule has 1 fully saturated rings. The van der Waals surface area contributed by atoms with E-state index in [1.165, 1.54) is 33.4 Å². The number of aryl methyl sites for hydroxylation is 2. The van der Waals surface area contributed by atoms with Crippen molar-refractivity contribution in [3.63, 3.8) is 0 Å². The first-order valence-electron chi connectivity index (χ1n) is 10.2. The second kappa shape index (κ2) is 8.11. The maximum atomic E-state index is 13.1. The fraction of sp³-hybridized carbons (Fsp3) is 0.435. The lowest BCUT2D eigenvalue weighted by Gasteiger charge is -2.26. The van der Waals surface area contributed by atoms with E-state index in [0.29, 0.717) is 16.1 Å². The Labute approximate surface area is 174 Å². The molecule has 0 bridgehead atoms. The van der Waals surface area contributed by atoms with Crippen molar-refractivity contribution in [3.8, 4) is 11.1 Å². The fourth-order valence-corrected chi connectivity index (χ4v) is 4.82. The lowest BCUT2D eigenvalue weighted by molar-refractivity contribution is -0.151. The van der Waals surface area contributed by atoms with E-state index in [1.807, 2.05) is 11.4 Å². The van der Waals surface area contributed by atoms with Gasteiger partial charge in [0.15, 0.2) is 0 Å². The Balaban J connectivity index is 1.59. The molecular formula is C23H26N2O3S. The van der Waals surface area contributed by atoms with Crippen LogP contribution in [0.15, 0.2) is 34.7 Å². The summed E-state index contributed by atoms with van der Waals surface area (Å²) in [6.45, 7) is 6.26. The molecule has 0 saturated heterocycles. The molecule has 0 spiro atoms. The summed E-state index contributed by atoms with van der Waals surface area (Å²) in [6, 6.07) is 6.18. The van der Waals surface area contributed by atoms with Gasteiger partial charge in [-0.05, 0) is 62.1 Å². The minimum absolute atomic E-state index is 0.0293. The van der Waals surface area contributed by atoms with Gasteiger partial charge < -0.3 is 4.74 Å². The minimum Gasteiger partial charge on any atom is -0.461 e. The van der Waals surface area contributed by atoms with Gasteiger partial charge in [-0.25, -0.2) is 4.98 Å². The second-order valence-corrected chi connectivity index (χ2v) is 9.04. The molecule has 1 saturated carbocycles. The van der Waals surface area contributed by atoms with Crippen LogP contribution in [0.2, 0.25) is 0 Å². The highest BCUT2D eigenvalue weighted by molar-refractivity contribution is 7.17.